The van der Waals surface area contributed by atoms with Crippen LogP contribution in [0.25, 0.3) is 11.1 Å². The zero-order chi connectivity index (χ0) is 20.8. The smallest absolute Gasteiger partial charge is 0.341 e. The summed E-state index contributed by atoms with van der Waals surface area (Å²) in [5.41, 5.74) is 2.28. The molecule has 150 valence electrons. The molecule has 1 aromatic heterocycles. The van der Waals surface area contributed by atoms with E-state index in [2.05, 4.69) is 5.32 Å². The molecule has 0 atom stereocenters. The number of benzene rings is 2. The second-order valence-electron chi connectivity index (χ2n) is 6.00. The van der Waals surface area contributed by atoms with Crippen LogP contribution in [0.3, 0.4) is 0 Å². The highest BCUT2D eigenvalue weighted by Gasteiger charge is 2.23. The number of amides is 1. The normalized spacial score (nSPS) is 10.3. The van der Waals surface area contributed by atoms with E-state index in [-0.39, 0.29) is 12.5 Å². The number of anilines is 1. The molecule has 3 rings (SSSR count). The van der Waals surface area contributed by atoms with E-state index < -0.39 is 5.97 Å². The summed E-state index contributed by atoms with van der Waals surface area (Å²) in [6.45, 7) is 1.98. The van der Waals surface area contributed by atoms with Crippen molar-refractivity contribution in [2.45, 2.75) is 6.92 Å². The van der Waals surface area contributed by atoms with Gasteiger partial charge in [-0.2, -0.15) is 0 Å². The van der Waals surface area contributed by atoms with E-state index in [1.165, 1.54) is 25.6 Å². The maximum atomic E-state index is 12.9. The molecule has 0 spiro atoms. The van der Waals surface area contributed by atoms with E-state index >= 15 is 0 Å². The van der Waals surface area contributed by atoms with Gasteiger partial charge in [0.05, 0.1) is 20.8 Å². The molecule has 3 aromatic rings. The fraction of sp³-hybridized carbons (Fsp3) is 0.182. The molecule has 0 saturated carbocycles. The predicted octanol–water partition coefficient (Wildman–Crippen LogP) is 4.86. The van der Waals surface area contributed by atoms with Crippen molar-refractivity contribution in [3.8, 4) is 22.6 Å². The molecule has 0 bridgehead atoms. The van der Waals surface area contributed by atoms with Gasteiger partial charge in [-0.25, -0.2) is 4.79 Å². The fourth-order valence-corrected chi connectivity index (χ4v) is 3.75. The van der Waals surface area contributed by atoms with E-state index in [0.29, 0.717) is 33.2 Å². The van der Waals surface area contributed by atoms with Crippen molar-refractivity contribution in [3.63, 3.8) is 0 Å². The Balaban J connectivity index is 1.98. The van der Waals surface area contributed by atoms with Gasteiger partial charge in [0.1, 0.15) is 22.1 Å². The summed E-state index contributed by atoms with van der Waals surface area (Å²) in [6, 6.07) is 14.4. The highest BCUT2D eigenvalue weighted by molar-refractivity contribution is 7.15. The van der Waals surface area contributed by atoms with Gasteiger partial charge in [-0.1, -0.05) is 30.3 Å². The molecule has 0 saturated heterocycles. The number of thiophene rings is 1. The minimum absolute atomic E-state index is 0.239. The number of carbonyl (C=O) groups excluding carboxylic acids is 2. The number of ether oxygens (including phenoxy) is 3. The lowest BCUT2D eigenvalue weighted by molar-refractivity contribution is 0.0529. The highest BCUT2D eigenvalue weighted by Crippen LogP contribution is 2.36. The van der Waals surface area contributed by atoms with Gasteiger partial charge < -0.3 is 19.5 Å². The molecule has 1 N–H and O–H groups in total. The summed E-state index contributed by atoms with van der Waals surface area (Å²) in [5.74, 6) is 0.132. The van der Waals surface area contributed by atoms with Crippen molar-refractivity contribution >= 4 is 28.2 Å². The third-order valence-corrected chi connectivity index (χ3v) is 5.09. The molecule has 2 aromatic carbocycles. The van der Waals surface area contributed by atoms with Crippen LogP contribution >= 0.6 is 11.3 Å². The summed E-state index contributed by atoms with van der Waals surface area (Å²) in [5, 5.41) is 5.09. The monoisotopic (exact) mass is 411 g/mol. The van der Waals surface area contributed by atoms with Crippen LogP contribution < -0.4 is 14.8 Å². The summed E-state index contributed by atoms with van der Waals surface area (Å²) >= 11 is 1.27. The average molecular weight is 411 g/mol. The first-order valence-electron chi connectivity index (χ1n) is 8.95. The fourth-order valence-electron chi connectivity index (χ4n) is 2.80. The quantitative estimate of drug-likeness (QED) is 0.562. The summed E-state index contributed by atoms with van der Waals surface area (Å²) in [6.07, 6.45) is 0. The van der Waals surface area contributed by atoms with Gasteiger partial charge in [0, 0.05) is 22.6 Å². The molecule has 1 heterocycles. The molecule has 0 fully saturated rings. The van der Waals surface area contributed by atoms with Crippen molar-refractivity contribution in [2.75, 3.05) is 26.1 Å². The number of hydrogen-bond acceptors (Lipinski definition) is 6. The van der Waals surface area contributed by atoms with Gasteiger partial charge >= 0.3 is 5.97 Å². The van der Waals surface area contributed by atoms with Crippen LogP contribution in [-0.4, -0.2) is 32.7 Å². The SMILES string of the molecule is CCOC(=O)c1c(-c2ccccc2)csc1NC(=O)c1cc(OC)cc(OC)c1. The number of hydrogen-bond donors (Lipinski definition) is 1. The molecule has 6 nitrogen and oxygen atoms in total. The highest BCUT2D eigenvalue weighted by atomic mass is 32.1. The van der Waals surface area contributed by atoms with Crippen LogP contribution in [0.5, 0.6) is 11.5 Å². The van der Waals surface area contributed by atoms with Gasteiger partial charge in [0.25, 0.3) is 5.91 Å². The second kappa shape index (κ2) is 9.25. The molecule has 29 heavy (non-hydrogen) atoms. The van der Waals surface area contributed by atoms with Crippen LogP contribution in [0.1, 0.15) is 27.6 Å². The van der Waals surface area contributed by atoms with Crippen molar-refractivity contribution in [3.05, 3.63) is 65.0 Å². The van der Waals surface area contributed by atoms with Gasteiger partial charge in [-0.15, -0.1) is 11.3 Å². The topological polar surface area (TPSA) is 73.9 Å². The maximum absolute atomic E-state index is 12.9. The Morgan fingerprint density at radius 1 is 1.00 bits per heavy atom. The number of nitrogens with one attached hydrogen (secondary N) is 1. The van der Waals surface area contributed by atoms with Crippen molar-refractivity contribution in [1.29, 1.82) is 0 Å². The lowest BCUT2D eigenvalue weighted by Gasteiger charge is -2.10. The van der Waals surface area contributed by atoms with E-state index in [1.807, 2.05) is 35.7 Å². The Bertz CT molecular complexity index is 991. The first-order valence-corrected chi connectivity index (χ1v) is 9.83. The molecule has 0 aliphatic heterocycles. The molecule has 1 amide bonds. The van der Waals surface area contributed by atoms with Crippen LogP contribution in [0.2, 0.25) is 0 Å². The van der Waals surface area contributed by atoms with Crippen LogP contribution in [-0.2, 0) is 4.74 Å². The van der Waals surface area contributed by atoms with Gasteiger partial charge in [0.15, 0.2) is 0 Å². The summed E-state index contributed by atoms with van der Waals surface area (Å²) < 4.78 is 15.7. The Kier molecular flexibility index (Phi) is 6.51. The zero-order valence-electron chi connectivity index (χ0n) is 16.4. The standard InChI is InChI=1S/C22H21NO5S/c1-4-28-22(25)19-18(14-8-6-5-7-9-14)13-29-21(19)23-20(24)15-10-16(26-2)12-17(11-15)27-3/h5-13H,4H2,1-3H3,(H,23,24). The first-order chi connectivity index (χ1) is 14.1. The minimum atomic E-state index is -0.480. The van der Waals surface area contributed by atoms with Crippen LogP contribution in [0.15, 0.2) is 53.9 Å². The molecule has 0 radical (unpaired) electrons. The zero-order valence-corrected chi connectivity index (χ0v) is 17.2. The first kappa shape index (κ1) is 20.4. The number of methoxy groups -OCH3 is 2. The summed E-state index contributed by atoms with van der Waals surface area (Å²) in [7, 11) is 3.03. The second-order valence-corrected chi connectivity index (χ2v) is 6.88. The largest absolute Gasteiger partial charge is 0.497 e. The molecular weight excluding hydrogens is 390 g/mol. The minimum Gasteiger partial charge on any atom is -0.497 e. The van der Waals surface area contributed by atoms with E-state index in [4.69, 9.17) is 14.2 Å². The van der Waals surface area contributed by atoms with Gasteiger partial charge in [0.2, 0.25) is 0 Å². The van der Waals surface area contributed by atoms with E-state index in [1.54, 1.807) is 25.1 Å². The maximum Gasteiger partial charge on any atom is 0.341 e. The molecule has 0 aliphatic rings. The molecule has 0 unspecified atom stereocenters. The number of esters is 1. The van der Waals surface area contributed by atoms with Crippen molar-refractivity contribution < 1.29 is 23.8 Å². The predicted molar refractivity (Wildman–Crippen MR) is 113 cm³/mol. The Morgan fingerprint density at radius 2 is 1.66 bits per heavy atom. The number of rotatable bonds is 7. The van der Waals surface area contributed by atoms with Crippen LogP contribution in [0.4, 0.5) is 5.00 Å². The Morgan fingerprint density at radius 3 is 2.24 bits per heavy atom. The van der Waals surface area contributed by atoms with Crippen molar-refractivity contribution in [2.24, 2.45) is 0 Å². The molecular formula is C22H21NO5S. The van der Waals surface area contributed by atoms with E-state index in [0.717, 1.165) is 5.56 Å². The third-order valence-electron chi connectivity index (χ3n) is 4.20. The molecule has 7 heteroatoms. The van der Waals surface area contributed by atoms with E-state index in [9.17, 15) is 9.59 Å². The van der Waals surface area contributed by atoms with Crippen molar-refractivity contribution in [1.82, 2.24) is 0 Å². The summed E-state index contributed by atoms with van der Waals surface area (Å²) in [4.78, 5) is 25.5. The van der Waals surface area contributed by atoms with Crippen LogP contribution in [0, 0.1) is 0 Å². The number of carbonyl (C=O) groups is 2. The van der Waals surface area contributed by atoms with Gasteiger partial charge in [-0.05, 0) is 24.6 Å². The Hall–Kier alpha value is -3.32. The molecule has 0 aliphatic carbocycles. The Labute approximate surface area is 173 Å². The average Bonchev–Trinajstić information content (AvgIpc) is 3.17. The lowest BCUT2D eigenvalue weighted by atomic mass is 10.0. The van der Waals surface area contributed by atoms with Gasteiger partial charge in [-0.3, -0.25) is 4.79 Å². The lowest BCUT2D eigenvalue weighted by Crippen LogP contribution is -2.15. The third kappa shape index (κ3) is 4.57.